The number of nitrogens with zero attached hydrogens (tertiary/aromatic N) is 3. The normalized spacial score (nSPS) is 11.0. The summed E-state index contributed by atoms with van der Waals surface area (Å²) in [5, 5.41) is 17.3. The summed E-state index contributed by atoms with van der Waals surface area (Å²) in [5.41, 5.74) is 0.854. The van der Waals surface area contributed by atoms with Crippen LogP contribution in [-0.4, -0.2) is 23.9 Å². The largest absolute Gasteiger partial charge is 0.315 e. The molecule has 0 saturated heterocycles. The molecule has 0 aliphatic heterocycles. The predicted molar refractivity (Wildman–Crippen MR) is 89.3 cm³/mol. The molecule has 0 aliphatic carbocycles. The molecule has 0 aliphatic rings. The zero-order valence-corrected chi connectivity index (χ0v) is 13.2. The molecule has 0 fully saturated rings. The molecule has 0 spiro atoms. The minimum atomic E-state index is -0.486. The van der Waals surface area contributed by atoms with E-state index in [0.717, 1.165) is 10.5 Å². The summed E-state index contributed by atoms with van der Waals surface area (Å²) in [6.45, 7) is -0.184. The maximum atomic E-state index is 12.8. The highest BCUT2D eigenvalue weighted by atomic mass is 32.2. The molecule has 2 rings (SSSR count). The summed E-state index contributed by atoms with van der Waals surface area (Å²) in [5.74, 6) is -0.229. The van der Waals surface area contributed by atoms with E-state index in [1.165, 1.54) is 16.7 Å². The molecule has 5 heteroatoms. The Morgan fingerprint density at radius 3 is 2.00 bits per heavy atom. The first-order valence-corrected chi connectivity index (χ1v) is 7.93. The summed E-state index contributed by atoms with van der Waals surface area (Å²) in [6.07, 6.45) is 0. The Bertz CT molecular complexity index is 703. The van der Waals surface area contributed by atoms with Crippen LogP contribution in [0.4, 0.5) is 0 Å². The molecule has 0 N–H and O–H groups in total. The van der Waals surface area contributed by atoms with Crippen molar-refractivity contribution in [1.29, 1.82) is 10.5 Å². The molecule has 0 saturated carbocycles. The smallest absolute Gasteiger partial charge is 0.242 e. The zero-order chi connectivity index (χ0) is 16.5. The molecule has 0 aromatic heterocycles. The van der Waals surface area contributed by atoms with Crippen molar-refractivity contribution in [3.8, 4) is 12.1 Å². The number of amides is 1. The van der Waals surface area contributed by atoms with Crippen LogP contribution in [0.3, 0.4) is 0 Å². The molecule has 23 heavy (non-hydrogen) atoms. The van der Waals surface area contributed by atoms with Crippen LogP contribution in [0.5, 0.6) is 0 Å². The van der Waals surface area contributed by atoms with Crippen LogP contribution in [0.1, 0.15) is 10.8 Å². The Hall–Kier alpha value is -2.76. The number of carbonyl (C=O) groups excluding carboxylic acids is 1. The van der Waals surface area contributed by atoms with Gasteiger partial charge in [-0.3, -0.25) is 4.79 Å². The highest BCUT2D eigenvalue weighted by Crippen LogP contribution is 2.36. The predicted octanol–water partition coefficient (Wildman–Crippen LogP) is 3.40. The van der Waals surface area contributed by atoms with E-state index in [9.17, 15) is 4.79 Å². The number of nitriles is 2. The van der Waals surface area contributed by atoms with Gasteiger partial charge < -0.3 is 4.90 Å². The lowest BCUT2D eigenvalue weighted by Gasteiger charge is -2.23. The fraction of sp³-hybridized carbons (Fsp3) is 0.167. The summed E-state index contributed by atoms with van der Waals surface area (Å²) in [4.78, 5) is 15.1. The van der Waals surface area contributed by atoms with Crippen LogP contribution in [0.15, 0.2) is 65.6 Å². The Morgan fingerprint density at radius 1 is 0.957 bits per heavy atom. The van der Waals surface area contributed by atoms with Gasteiger partial charge in [0.2, 0.25) is 5.91 Å². The van der Waals surface area contributed by atoms with Gasteiger partial charge in [-0.05, 0) is 17.7 Å². The number of carbonyl (C=O) groups is 1. The van der Waals surface area contributed by atoms with Gasteiger partial charge in [0.15, 0.2) is 0 Å². The Morgan fingerprint density at radius 2 is 1.48 bits per heavy atom. The van der Waals surface area contributed by atoms with Gasteiger partial charge >= 0.3 is 0 Å². The molecule has 0 unspecified atom stereocenters. The van der Waals surface area contributed by atoms with E-state index in [4.69, 9.17) is 10.5 Å². The van der Waals surface area contributed by atoms with E-state index in [0.29, 0.717) is 0 Å². The number of hydrogen-bond donors (Lipinski definition) is 0. The third-order valence-corrected chi connectivity index (χ3v) is 4.41. The second kappa shape index (κ2) is 8.63. The average Bonchev–Trinajstić information content (AvgIpc) is 2.60. The van der Waals surface area contributed by atoms with Crippen molar-refractivity contribution >= 4 is 17.7 Å². The second-order valence-electron chi connectivity index (χ2n) is 4.73. The quantitative estimate of drug-likeness (QED) is 0.604. The van der Waals surface area contributed by atoms with Crippen LogP contribution < -0.4 is 0 Å². The number of hydrogen-bond acceptors (Lipinski definition) is 4. The topological polar surface area (TPSA) is 67.9 Å². The van der Waals surface area contributed by atoms with Crippen LogP contribution in [0.2, 0.25) is 0 Å². The Labute approximate surface area is 140 Å². The molecule has 0 bridgehead atoms. The van der Waals surface area contributed by atoms with Crippen molar-refractivity contribution < 1.29 is 4.79 Å². The first-order valence-electron chi connectivity index (χ1n) is 7.05. The van der Waals surface area contributed by atoms with Gasteiger partial charge in [-0.25, -0.2) is 0 Å². The maximum Gasteiger partial charge on any atom is 0.242 e. The molecular formula is C18H15N3OS. The van der Waals surface area contributed by atoms with Gasteiger partial charge in [0.25, 0.3) is 0 Å². The van der Waals surface area contributed by atoms with Crippen LogP contribution in [-0.2, 0) is 4.79 Å². The summed E-state index contributed by atoms with van der Waals surface area (Å²) >= 11 is 1.42. The summed E-state index contributed by atoms with van der Waals surface area (Å²) < 4.78 is 0. The second-order valence-corrected chi connectivity index (χ2v) is 5.91. The van der Waals surface area contributed by atoms with Crippen molar-refractivity contribution in [2.75, 3.05) is 13.1 Å². The molecule has 4 nitrogen and oxygen atoms in total. The van der Waals surface area contributed by atoms with E-state index in [1.54, 1.807) is 0 Å². The van der Waals surface area contributed by atoms with Crippen molar-refractivity contribution in [2.24, 2.45) is 0 Å². The van der Waals surface area contributed by atoms with Crippen molar-refractivity contribution in [3.63, 3.8) is 0 Å². The SMILES string of the molecule is N#CCN(CC#N)C(=O)[C@H](Sc1ccccc1)c1ccccc1. The average molecular weight is 321 g/mol. The van der Waals surface area contributed by atoms with Crippen molar-refractivity contribution in [3.05, 3.63) is 66.2 Å². The minimum absolute atomic E-state index is 0.0922. The summed E-state index contributed by atoms with van der Waals surface area (Å²) in [6, 6.07) is 22.9. The van der Waals surface area contributed by atoms with Crippen LogP contribution in [0, 0.1) is 22.7 Å². The highest BCUT2D eigenvalue weighted by molar-refractivity contribution is 8.00. The van der Waals surface area contributed by atoms with Gasteiger partial charge in [0.1, 0.15) is 18.3 Å². The summed E-state index contributed by atoms with van der Waals surface area (Å²) in [7, 11) is 0. The molecule has 0 radical (unpaired) electrons. The van der Waals surface area contributed by atoms with E-state index >= 15 is 0 Å². The van der Waals surface area contributed by atoms with Crippen LogP contribution in [0.25, 0.3) is 0 Å². The zero-order valence-electron chi connectivity index (χ0n) is 12.4. The molecule has 0 heterocycles. The van der Waals surface area contributed by atoms with E-state index < -0.39 is 5.25 Å². The van der Waals surface area contributed by atoms with Gasteiger partial charge in [-0.15, -0.1) is 11.8 Å². The fourth-order valence-corrected chi connectivity index (χ4v) is 3.20. The van der Waals surface area contributed by atoms with Crippen LogP contribution >= 0.6 is 11.8 Å². The Kier molecular flexibility index (Phi) is 6.23. The first-order chi connectivity index (χ1) is 11.3. The standard InChI is InChI=1S/C18H15N3OS/c19-11-13-21(14-12-20)18(22)17(15-7-3-1-4-8-15)23-16-9-5-2-6-10-16/h1-10,17H,13-14H2/t17-/m1/s1. The van der Waals surface area contributed by atoms with E-state index in [2.05, 4.69) is 0 Å². The molecular weight excluding hydrogens is 306 g/mol. The lowest BCUT2D eigenvalue weighted by atomic mass is 10.1. The fourth-order valence-electron chi connectivity index (χ4n) is 2.07. The molecule has 114 valence electrons. The molecule has 2 aromatic carbocycles. The minimum Gasteiger partial charge on any atom is -0.315 e. The third kappa shape index (κ3) is 4.60. The molecule has 2 aromatic rings. The van der Waals surface area contributed by atoms with E-state index in [-0.39, 0.29) is 19.0 Å². The maximum absolute atomic E-state index is 12.8. The van der Waals surface area contributed by atoms with Crippen molar-refractivity contribution in [2.45, 2.75) is 10.1 Å². The number of thioether (sulfide) groups is 1. The van der Waals surface area contributed by atoms with Gasteiger partial charge in [-0.1, -0.05) is 48.5 Å². The number of benzene rings is 2. The molecule has 1 atom stereocenters. The van der Waals surface area contributed by atoms with Gasteiger partial charge in [-0.2, -0.15) is 10.5 Å². The third-order valence-electron chi connectivity index (χ3n) is 3.16. The number of rotatable bonds is 6. The van der Waals surface area contributed by atoms with E-state index in [1.807, 2.05) is 72.8 Å². The monoisotopic (exact) mass is 321 g/mol. The van der Waals surface area contributed by atoms with Gasteiger partial charge in [0, 0.05) is 4.90 Å². The lowest BCUT2D eigenvalue weighted by Crippen LogP contribution is -2.35. The van der Waals surface area contributed by atoms with Crippen molar-refractivity contribution in [1.82, 2.24) is 4.90 Å². The lowest BCUT2D eigenvalue weighted by molar-refractivity contribution is -0.129. The molecule has 1 amide bonds. The Balaban J connectivity index is 2.31. The highest BCUT2D eigenvalue weighted by Gasteiger charge is 2.26. The van der Waals surface area contributed by atoms with Gasteiger partial charge in [0.05, 0.1) is 12.1 Å². The first kappa shape index (κ1) is 16.6.